The molecule has 0 aliphatic carbocycles. The smallest absolute Gasteiger partial charge is 0.268 e. The van der Waals surface area contributed by atoms with Crippen molar-refractivity contribution in [2.75, 3.05) is 0 Å². The number of hydrogen-bond donors (Lipinski definition) is 0. The van der Waals surface area contributed by atoms with Gasteiger partial charge in [0.2, 0.25) is 5.89 Å². The third-order valence-corrected chi connectivity index (χ3v) is 3.22. The summed E-state index contributed by atoms with van der Waals surface area (Å²) in [5.74, 6) is 0.0735. The van der Waals surface area contributed by atoms with Gasteiger partial charge < -0.3 is 8.83 Å². The summed E-state index contributed by atoms with van der Waals surface area (Å²) >= 11 is 17.0. The van der Waals surface area contributed by atoms with Crippen molar-refractivity contribution in [3.05, 3.63) is 54.5 Å². The van der Waals surface area contributed by atoms with Gasteiger partial charge in [0.05, 0.1) is 6.26 Å². The first kappa shape index (κ1) is 13.5. The van der Waals surface area contributed by atoms with E-state index in [0.717, 1.165) is 16.5 Å². The molecule has 7 heteroatoms. The Bertz CT molecular complexity index is 786. The summed E-state index contributed by atoms with van der Waals surface area (Å²) in [5, 5.41) is 8.42. The van der Waals surface area contributed by atoms with Crippen LogP contribution in [0.25, 0.3) is 16.5 Å². The number of aromatic nitrogens is 2. The monoisotopic (exact) mass is 328 g/mol. The number of nitrogens with zero attached hydrogens (tertiary/aromatic N) is 2. The van der Waals surface area contributed by atoms with Gasteiger partial charge in [0.1, 0.15) is 5.58 Å². The lowest BCUT2D eigenvalue weighted by Crippen LogP contribution is -1.99. The Kier molecular flexibility index (Phi) is 3.24. The van der Waals surface area contributed by atoms with E-state index in [1.165, 1.54) is 0 Å². The van der Waals surface area contributed by atoms with Crippen molar-refractivity contribution < 1.29 is 8.83 Å². The van der Waals surface area contributed by atoms with Crippen LogP contribution in [0.2, 0.25) is 0 Å². The quantitative estimate of drug-likeness (QED) is 0.639. The van der Waals surface area contributed by atoms with Crippen molar-refractivity contribution in [2.45, 2.75) is 3.79 Å². The van der Waals surface area contributed by atoms with Crippen LogP contribution < -0.4 is 0 Å². The van der Waals surface area contributed by atoms with E-state index in [0.29, 0.717) is 5.57 Å². The molecule has 20 heavy (non-hydrogen) atoms. The number of fused-ring (bicyclic) bond motifs is 1. The predicted molar refractivity (Wildman–Crippen MR) is 77.9 cm³/mol. The molecule has 0 unspecified atom stereocenters. The van der Waals surface area contributed by atoms with Gasteiger partial charge in [-0.15, -0.1) is 10.2 Å². The summed E-state index contributed by atoms with van der Waals surface area (Å²) in [4.78, 5) is 0. The molecular formula is C13H7Cl3N2O2. The van der Waals surface area contributed by atoms with Crippen LogP contribution in [0.1, 0.15) is 17.3 Å². The predicted octanol–water partition coefficient (Wildman–Crippen LogP) is 4.70. The number of alkyl halides is 3. The molecule has 0 radical (unpaired) electrons. The Hall–Kier alpha value is -1.49. The zero-order chi connectivity index (χ0) is 14.3. The maximum absolute atomic E-state index is 5.68. The van der Waals surface area contributed by atoms with Crippen LogP contribution >= 0.6 is 34.8 Å². The van der Waals surface area contributed by atoms with E-state index in [2.05, 4.69) is 16.8 Å². The Morgan fingerprint density at radius 3 is 2.60 bits per heavy atom. The fourth-order valence-corrected chi connectivity index (χ4v) is 2.02. The average molecular weight is 330 g/mol. The minimum Gasteiger partial charge on any atom is -0.464 e. The van der Waals surface area contributed by atoms with Crippen LogP contribution in [0.4, 0.5) is 0 Å². The highest BCUT2D eigenvalue weighted by atomic mass is 35.6. The molecule has 0 aliphatic heterocycles. The molecule has 0 amide bonds. The van der Waals surface area contributed by atoms with Crippen LogP contribution in [0.15, 0.2) is 45.9 Å². The molecule has 0 fully saturated rings. The SMILES string of the molecule is C=C(c1nnc(C(Cl)(Cl)Cl)o1)c1coc2ccccc12. The van der Waals surface area contributed by atoms with Crippen molar-refractivity contribution in [3.63, 3.8) is 0 Å². The van der Waals surface area contributed by atoms with Gasteiger partial charge in [0.15, 0.2) is 0 Å². The van der Waals surface area contributed by atoms with Gasteiger partial charge in [0, 0.05) is 16.5 Å². The lowest BCUT2D eigenvalue weighted by molar-refractivity contribution is 0.490. The van der Waals surface area contributed by atoms with Gasteiger partial charge in [-0.2, -0.15) is 0 Å². The number of furan rings is 1. The van der Waals surface area contributed by atoms with Gasteiger partial charge in [-0.05, 0) is 6.07 Å². The van der Waals surface area contributed by atoms with E-state index in [1.807, 2.05) is 24.3 Å². The normalized spacial score (nSPS) is 11.9. The van der Waals surface area contributed by atoms with Crippen LogP contribution in [0, 0.1) is 0 Å². The van der Waals surface area contributed by atoms with Crippen LogP contribution in [0.3, 0.4) is 0 Å². The first-order valence-corrected chi connectivity index (χ1v) is 6.67. The zero-order valence-corrected chi connectivity index (χ0v) is 12.2. The molecule has 2 aromatic heterocycles. The first-order valence-electron chi connectivity index (χ1n) is 5.53. The third-order valence-electron chi connectivity index (χ3n) is 2.73. The van der Waals surface area contributed by atoms with Crippen molar-refractivity contribution in [3.8, 4) is 0 Å². The molecule has 2 heterocycles. The molecule has 102 valence electrons. The van der Waals surface area contributed by atoms with Gasteiger partial charge in [-0.3, -0.25) is 0 Å². The molecule has 4 nitrogen and oxygen atoms in total. The summed E-state index contributed by atoms with van der Waals surface area (Å²) in [6.07, 6.45) is 1.58. The second-order valence-electron chi connectivity index (χ2n) is 4.03. The Morgan fingerprint density at radius 2 is 1.90 bits per heavy atom. The lowest BCUT2D eigenvalue weighted by atomic mass is 10.1. The molecule has 0 spiro atoms. The summed E-state index contributed by atoms with van der Waals surface area (Å²) in [6, 6.07) is 7.54. The van der Waals surface area contributed by atoms with Crippen LogP contribution in [0.5, 0.6) is 0 Å². The lowest BCUT2D eigenvalue weighted by Gasteiger charge is -2.02. The number of para-hydroxylation sites is 1. The van der Waals surface area contributed by atoms with Gasteiger partial charge in [0.25, 0.3) is 9.68 Å². The molecular weight excluding hydrogens is 323 g/mol. The molecule has 3 rings (SSSR count). The van der Waals surface area contributed by atoms with E-state index >= 15 is 0 Å². The highest BCUT2D eigenvalue weighted by molar-refractivity contribution is 6.66. The van der Waals surface area contributed by atoms with Gasteiger partial charge in [-0.25, -0.2) is 0 Å². The van der Waals surface area contributed by atoms with E-state index < -0.39 is 3.79 Å². The fourth-order valence-electron chi connectivity index (χ4n) is 1.79. The van der Waals surface area contributed by atoms with E-state index in [4.69, 9.17) is 43.6 Å². The van der Waals surface area contributed by atoms with Crippen molar-refractivity contribution >= 4 is 51.3 Å². The second kappa shape index (κ2) is 4.81. The Morgan fingerprint density at radius 1 is 1.15 bits per heavy atom. The topological polar surface area (TPSA) is 52.1 Å². The van der Waals surface area contributed by atoms with Gasteiger partial charge >= 0.3 is 0 Å². The maximum Gasteiger partial charge on any atom is 0.268 e. The second-order valence-corrected chi connectivity index (χ2v) is 6.32. The van der Waals surface area contributed by atoms with Crippen molar-refractivity contribution in [2.24, 2.45) is 0 Å². The number of halogens is 3. The third kappa shape index (κ3) is 2.30. The molecule has 0 aliphatic rings. The average Bonchev–Trinajstić information content (AvgIpc) is 3.04. The summed E-state index contributed by atoms with van der Waals surface area (Å²) in [6.45, 7) is 3.93. The standard InChI is InChI=1S/C13H7Cl3N2O2/c1-7(11-17-18-12(20-11)13(14,15)16)9-6-19-10-5-3-2-4-8(9)10/h2-6H,1H2. The molecule has 0 atom stereocenters. The molecule has 1 aromatic carbocycles. The number of rotatable bonds is 2. The number of benzene rings is 1. The minimum absolute atomic E-state index is 0.105. The van der Waals surface area contributed by atoms with E-state index in [9.17, 15) is 0 Å². The minimum atomic E-state index is -1.76. The molecule has 0 N–H and O–H groups in total. The van der Waals surface area contributed by atoms with E-state index in [-0.39, 0.29) is 11.8 Å². The highest BCUT2D eigenvalue weighted by Crippen LogP contribution is 2.38. The van der Waals surface area contributed by atoms with E-state index in [1.54, 1.807) is 6.26 Å². The summed E-state index contributed by atoms with van der Waals surface area (Å²) in [7, 11) is 0. The zero-order valence-electron chi connectivity index (χ0n) is 9.94. The first-order chi connectivity index (χ1) is 9.47. The van der Waals surface area contributed by atoms with Crippen LogP contribution in [-0.4, -0.2) is 10.2 Å². The fraction of sp³-hybridized carbons (Fsp3) is 0.0769. The van der Waals surface area contributed by atoms with Crippen molar-refractivity contribution in [1.29, 1.82) is 0 Å². The molecule has 0 bridgehead atoms. The Balaban J connectivity index is 2.03. The number of hydrogen-bond acceptors (Lipinski definition) is 4. The molecule has 3 aromatic rings. The summed E-state index contributed by atoms with van der Waals surface area (Å²) in [5.41, 5.74) is 1.99. The highest BCUT2D eigenvalue weighted by Gasteiger charge is 2.31. The largest absolute Gasteiger partial charge is 0.464 e. The summed E-state index contributed by atoms with van der Waals surface area (Å²) < 4.78 is 9.00. The van der Waals surface area contributed by atoms with Crippen molar-refractivity contribution in [1.82, 2.24) is 10.2 Å². The van der Waals surface area contributed by atoms with Crippen LogP contribution in [-0.2, 0) is 3.79 Å². The molecule has 0 saturated carbocycles. The Labute approximate surface area is 128 Å². The molecule has 0 saturated heterocycles. The maximum atomic E-state index is 5.68. The van der Waals surface area contributed by atoms with Gasteiger partial charge in [-0.1, -0.05) is 59.6 Å².